The summed E-state index contributed by atoms with van der Waals surface area (Å²) in [7, 11) is 0. The van der Waals surface area contributed by atoms with Crippen LogP contribution in [0.5, 0.6) is 0 Å². The van der Waals surface area contributed by atoms with Crippen molar-refractivity contribution in [3.8, 4) is 0 Å². The monoisotopic (exact) mass is 228 g/mol. The summed E-state index contributed by atoms with van der Waals surface area (Å²) in [6.07, 6.45) is 2.24. The molecule has 0 atom stereocenters. The number of ether oxygens (including phenoxy) is 1. The zero-order chi connectivity index (χ0) is 12.2. The van der Waals surface area contributed by atoms with E-state index in [1.165, 1.54) is 0 Å². The van der Waals surface area contributed by atoms with Crippen LogP contribution in [0.15, 0.2) is 0 Å². The Kier molecular flexibility index (Phi) is 4.59. The molecule has 1 aliphatic rings. The lowest BCUT2D eigenvalue weighted by Gasteiger charge is -2.34. The summed E-state index contributed by atoms with van der Waals surface area (Å²) in [5.41, 5.74) is -0.159. The van der Waals surface area contributed by atoms with Gasteiger partial charge >= 0.3 is 6.03 Å². The van der Waals surface area contributed by atoms with Gasteiger partial charge in [0.15, 0.2) is 0 Å². The van der Waals surface area contributed by atoms with Gasteiger partial charge in [-0.05, 0) is 40.5 Å². The Bertz CT molecular complexity index is 228. The quantitative estimate of drug-likeness (QED) is 0.785. The first-order valence-corrected chi connectivity index (χ1v) is 6.11. The highest BCUT2D eigenvalue weighted by Crippen LogP contribution is 2.14. The van der Waals surface area contributed by atoms with E-state index in [2.05, 4.69) is 5.32 Å². The van der Waals surface area contributed by atoms with Crippen molar-refractivity contribution in [1.82, 2.24) is 10.2 Å². The number of urea groups is 1. The molecule has 0 unspecified atom stereocenters. The van der Waals surface area contributed by atoms with Gasteiger partial charge in [0.1, 0.15) is 0 Å². The van der Waals surface area contributed by atoms with E-state index in [1.54, 1.807) is 0 Å². The number of piperidine rings is 1. The van der Waals surface area contributed by atoms with Crippen molar-refractivity contribution in [2.24, 2.45) is 0 Å². The van der Waals surface area contributed by atoms with Gasteiger partial charge in [0.2, 0.25) is 0 Å². The predicted molar refractivity (Wildman–Crippen MR) is 64.5 cm³/mol. The molecule has 0 bridgehead atoms. The van der Waals surface area contributed by atoms with Gasteiger partial charge in [-0.15, -0.1) is 0 Å². The van der Waals surface area contributed by atoms with Gasteiger partial charge in [-0.1, -0.05) is 0 Å². The van der Waals surface area contributed by atoms with Crippen molar-refractivity contribution in [2.75, 3.05) is 19.7 Å². The fourth-order valence-electron chi connectivity index (χ4n) is 1.86. The van der Waals surface area contributed by atoms with Crippen LogP contribution >= 0.6 is 0 Å². The number of rotatable bonds is 2. The SMILES string of the molecule is CCOC1CCN(C(=O)NC(C)(C)C)CC1. The summed E-state index contributed by atoms with van der Waals surface area (Å²) in [4.78, 5) is 13.7. The van der Waals surface area contributed by atoms with Crippen LogP contribution in [0.4, 0.5) is 4.79 Å². The number of carbonyl (C=O) groups excluding carboxylic acids is 1. The van der Waals surface area contributed by atoms with Crippen LogP contribution in [0.1, 0.15) is 40.5 Å². The highest BCUT2D eigenvalue weighted by Gasteiger charge is 2.25. The van der Waals surface area contributed by atoms with Gasteiger partial charge in [-0.25, -0.2) is 4.79 Å². The van der Waals surface area contributed by atoms with Crippen molar-refractivity contribution in [1.29, 1.82) is 0 Å². The van der Waals surface area contributed by atoms with Gasteiger partial charge in [0.25, 0.3) is 0 Å². The molecule has 0 radical (unpaired) electrons. The molecule has 1 heterocycles. The maximum atomic E-state index is 11.9. The maximum absolute atomic E-state index is 11.9. The average molecular weight is 228 g/mol. The number of nitrogens with one attached hydrogen (secondary N) is 1. The van der Waals surface area contributed by atoms with Gasteiger partial charge < -0.3 is 15.0 Å². The zero-order valence-corrected chi connectivity index (χ0v) is 10.9. The van der Waals surface area contributed by atoms with Crippen LogP contribution in [0.2, 0.25) is 0 Å². The van der Waals surface area contributed by atoms with Crippen LogP contribution in [-0.2, 0) is 4.74 Å². The lowest BCUT2D eigenvalue weighted by molar-refractivity contribution is 0.0215. The smallest absolute Gasteiger partial charge is 0.317 e. The third-order valence-corrected chi connectivity index (χ3v) is 2.61. The second-order valence-electron chi connectivity index (χ2n) is 5.32. The van der Waals surface area contributed by atoms with Crippen LogP contribution in [0.25, 0.3) is 0 Å². The molecule has 0 aromatic heterocycles. The van der Waals surface area contributed by atoms with Crippen molar-refractivity contribution in [3.05, 3.63) is 0 Å². The number of carbonyl (C=O) groups is 1. The lowest BCUT2D eigenvalue weighted by Crippen LogP contribution is -2.51. The van der Waals surface area contributed by atoms with Crippen LogP contribution in [0.3, 0.4) is 0 Å². The van der Waals surface area contributed by atoms with Gasteiger partial charge in [-0.3, -0.25) is 0 Å². The van der Waals surface area contributed by atoms with E-state index >= 15 is 0 Å². The van der Waals surface area contributed by atoms with Crippen LogP contribution in [0, 0.1) is 0 Å². The van der Waals surface area contributed by atoms with E-state index in [4.69, 9.17) is 4.74 Å². The Balaban J connectivity index is 2.33. The van der Waals surface area contributed by atoms with Crippen molar-refractivity contribution < 1.29 is 9.53 Å². The largest absolute Gasteiger partial charge is 0.378 e. The Morgan fingerprint density at radius 1 is 1.38 bits per heavy atom. The molecule has 1 saturated heterocycles. The maximum Gasteiger partial charge on any atom is 0.317 e. The fraction of sp³-hybridized carbons (Fsp3) is 0.917. The molecule has 2 amide bonds. The molecule has 4 heteroatoms. The number of hydrogen-bond acceptors (Lipinski definition) is 2. The van der Waals surface area contributed by atoms with Crippen LogP contribution < -0.4 is 5.32 Å². The minimum Gasteiger partial charge on any atom is -0.378 e. The first kappa shape index (κ1) is 13.3. The van der Waals surface area contributed by atoms with E-state index < -0.39 is 0 Å². The lowest BCUT2D eigenvalue weighted by atomic mass is 10.1. The highest BCUT2D eigenvalue weighted by atomic mass is 16.5. The molecular formula is C12H24N2O2. The van der Waals surface area contributed by atoms with Crippen molar-refractivity contribution in [3.63, 3.8) is 0 Å². The van der Waals surface area contributed by atoms with Crippen molar-refractivity contribution >= 4 is 6.03 Å². The molecule has 0 aromatic rings. The molecule has 0 spiro atoms. The summed E-state index contributed by atoms with van der Waals surface area (Å²) < 4.78 is 5.55. The molecule has 0 saturated carbocycles. The second kappa shape index (κ2) is 5.53. The second-order valence-corrected chi connectivity index (χ2v) is 5.32. The van der Waals surface area contributed by atoms with Crippen LogP contribution in [-0.4, -0.2) is 42.3 Å². The van der Waals surface area contributed by atoms with Gasteiger partial charge in [0, 0.05) is 25.2 Å². The average Bonchev–Trinajstić information content (AvgIpc) is 2.16. The first-order chi connectivity index (χ1) is 7.42. The molecule has 0 aliphatic carbocycles. The molecule has 0 aromatic carbocycles. The molecule has 94 valence electrons. The molecule has 4 nitrogen and oxygen atoms in total. The Labute approximate surface area is 98.3 Å². The van der Waals surface area contributed by atoms with Gasteiger partial charge in [0.05, 0.1) is 6.10 Å². The Morgan fingerprint density at radius 3 is 2.38 bits per heavy atom. The van der Waals surface area contributed by atoms with Crippen molar-refractivity contribution in [2.45, 2.75) is 52.2 Å². The Morgan fingerprint density at radius 2 is 1.94 bits per heavy atom. The molecule has 1 aliphatic heterocycles. The highest BCUT2D eigenvalue weighted by molar-refractivity contribution is 5.75. The first-order valence-electron chi connectivity index (χ1n) is 6.11. The third-order valence-electron chi connectivity index (χ3n) is 2.61. The van der Waals surface area contributed by atoms with E-state index in [-0.39, 0.29) is 11.6 Å². The van der Waals surface area contributed by atoms with Gasteiger partial charge in [-0.2, -0.15) is 0 Å². The molecule has 1 rings (SSSR count). The molecular weight excluding hydrogens is 204 g/mol. The summed E-state index contributed by atoms with van der Waals surface area (Å²) in [5, 5.41) is 2.98. The summed E-state index contributed by atoms with van der Waals surface area (Å²) in [5.74, 6) is 0. The summed E-state index contributed by atoms with van der Waals surface area (Å²) in [6.45, 7) is 10.4. The minimum absolute atomic E-state index is 0.0439. The number of hydrogen-bond donors (Lipinski definition) is 1. The molecule has 1 N–H and O–H groups in total. The predicted octanol–water partition coefficient (Wildman–Crippen LogP) is 2.00. The third kappa shape index (κ3) is 4.39. The zero-order valence-electron chi connectivity index (χ0n) is 10.9. The summed E-state index contributed by atoms with van der Waals surface area (Å²) >= 11 is 0. The fourth-order valence-corrected chi connectivity index (χ4v) is 1.86. The van der Waals surface area contributed by atoms with E-state index in [9.17, 15) is 4.79 Å². The van der Waals surface area contributed by atoms with E-state index in [0.717, 1.165) is 32.5 Å². The van der Waals surface area contributed by atoms with E-state index in [1.807, 2.05) is 32.6 Å². The molecule has 1 fully saturated rings. The molecule has 16 heavy (non-hydrogen) atoms. The standard InChI is InChI=1S/C12H24N2O2/c1-5-16-10-6-8-14(9-7-10)11(15)13-12(2,3)4/h10H,5-9H2,1-4H3,(H,13,15). The number of amides is 2. The normalized spacial score (nSPS) is 18.6. The topological polar surface area (TPSA) is 41.6 Å². The van der Waals surface area contributed by atoms with E-state index in [0.29, 0.717) is 6.10 Å². The summed E-state index contributed by atoms with van der Waals surface area (Å²) in [6, 6.07) is 0.0439. The number of likely N-dealkylation sites (tertiary alicyclic amines) is 1. The Hall–Kier alpha value is -0.770. The minimum atomic E-state index is -0.159. The number of nitrogens with zero attached hydrogens (tertiary/aromatic N) is 1.